The van der Waals surface area contributed by atoms with E-state index in [4.69, 9.17) is 10.5 Å². The van der Waals surface area contributed by atoms with Crippen LogP contribution < -0.4 is 21.1 Å². The zero-order valence-electron chi connectivity index (χ0n) is 9.84. The normalized spacial score (nSPS) is 9.82. The molecule has 0 radical (unpaired) electrons. The average Bonchev–Trinajstić information content (AvgIpc) is 2.31. The number of halogens is 1. The molecule has 0 aliphatic carbocycles. The van der Waals surface area contributed by atoms with Gasteiger partial charge >= 0.3 is 0 Å². The Morgan fingerprint density at radius 1 is 1.53 bits per heavy atom. The number of anilines is 2. The maximum atomic E-state index is 13.2. The SMILES string of the molecule is CNC(=O)CCNc1cc(OC)c(F)cc1N. The molecule has 4 N–H and O–H groups in total. The number of hydrogen-bond donors (Lipinski definition) is 3. The molecule has 0 aromatic heterocycles. The van der Waals surface area contributed by atoms with Crippen molar-refractivity contribution in [3.05, 3.63) is 17.9 Å². The van der Waals surface area contributed by atoms with Gasteiger partial charge in [0.25, 0.3) is 0 Å². The molecule has 0 saturated carbocycles. The van der Waals surface area contributed by atoms with Crippen molar-refractivity contribution in [1.29, 1.82) is 0 Å². The van der Waals surface area contributed by atoms with Gasteiger partial charge in [-0.1, -0.05) is 0 Å². The van der Waals surface area contributed by atoms with Crippen LogP contribution in [0.25, 0.3) is 0 Å². The van der Waals surface area contributed by atoms with E-state index in [0.717, 1.165) is 0 Å². The van der Waals surface area contributed by atoms with E-state index in [9.17, 15) is 9.18 Å². The van der Waals surface area contributed by atoms with Crippen molar-refractivity contribution in [3.8, 4) is 5.75 Å². The molecule has 1 amide bonds. The van der Waals surface area contributed by atoms with Gasteiger partial charge in [-0.2, -0.15) is 0 Å². The van der Waals surface area contributed by atoms with Crippen LogP contribution in [0, 0.1) is 5.82 Å². The van der Waals surface area contributed by atoms with Gasteiger partial charge in [0.05, 0.1) is 18.5 Å². The third-order valence-corrected chi connectivity index (χ3v) is 2.27. The molecule has 0 aliphatic heterocycles. The Bertz CT molecular complexity index is 410. The first-order valence-corrected chi connectivity index (χ1v) is 5.16. The topological polar surface area (TPSA) is 76.4 Å². The van der Waals surface area contributed by atoms with Crippen molar-refractivity contribution in [2.45, 2.75) is 6.42 Å². The molecule has 6 heteroatoms. The van der Waals surface area contributed by atoms with Crippen molar-refractivity contribution >= 4 is 17.3 Å². The second-order valence-corrected chi connectivity index (χ2v) is 3.42. The fraction of sp³-hybridized carbons (Fsp3) is 0.364. The second kappa shape index (κ2) is 5.93. The summed E-state index contributed by atoms with van der Waals surface area (Å²) in [5.41, 5.74) is 6.46. The molecule has 0 bridgehead atoms. The highest BCUT2D eigenvalue weighted by Crippen LogP contribution is 2.27. The summed E-state index contributed by atoms with van der Waals surface area (Å²) in [5.74, 6) is -0.478. The molecular weight excluding hydrogens is 225 g/mol. The highest BCUT2D eigenvalue weighted by molar-refractivity contribution is 5.76. The Morgan fingerprint density at radius 2 is 2.24 bits per heavy atom. The fourth-order valence-corrected chi connectivity index (χ4v) is 1.31. The molecule has 1 aromatic rings. The van der Waals surface area contributed by atoms with Crippen LogP contribution in [0.1, 0.15) is 6.42 Å². The molecule has 0 saturated heterocycles. The lowest BCUT2D eigenvalue weighted by molar-refractivity contribution is -0.120. The molecule has 94 valence electrons. The maximum Gasteiger partial charge on any atom is 0.221 e. The monoisotopic (exact) mass is 241 g/mol. The van der Waals surface area contributed by atoms with Crippen molar-refractivity contribution in [2.24, 2.45) is 0 Å². The van der Waals surface area contributed by atoms with Crippen LogP contribution in [-0.4, -0.2) is 26.6 Å². The van der Waals surface area contributed by atoms with Gasteiger partial charge in [0.15, 0.2) is 11.6 Å². The minimum Gasteiger partial charge on any atom is -0.494 e. The molecule has 0 aliphatic rings. The Balaban J connectivity index is 2.67. The van der Waals surface area contributed by atoms with Gasteiger partial charge in [-0.05, 0) is 0 Å². The van der Waals surface area contributed by atoms with E-state index in [0.29, 0.717) is 18.7 Å². The van der Waals surface area contributed by atoms with Crippen LogP contribution in [0.3, 0.4) is 0 Å². The number of carbonyl (C=O) groups excluding carboxylic acids is 1. The van der Waals surface area contributed by atoms with Crippen LogP contribution in [-0.2, 0) is 4.79 Å². The molecule has 17 heavy (non-hydrogen) atoms. The van der Waals surface area contributed by atoms with Gasteiger partial charge in [0.1, 0.15) is 0 Å². The predicted octanol–water partition coefficient (Wildman–Crippen LogP) is 0.964. The van der Waals surface area contributed by atoms with E-state index in [2.05, 4.69) is 10.6 Å². The number of nitrogens with two attached hydrogens (primary N) is 1. The van der Waals surface area contributed by atoms with E-state index in [1.54, 1.807) is 7.05 Å². The lowest BCUT2D eigenvalue weighted by Crippen LogP contribution is -2.21. The molecule has 0 fully saturated rings. The van der Waals surface area contributed by atoms with Crippen LogP contribution in [0.4, 0.5) is 15.8 Å². The summed E-state index contributed by atoms with van der Waals surface area (Å²) in [7, 11) is 2.94. The van der Waals surface area contributed by atoms with E-state index < -0.39 is 5.82 Å². The van der Waals surface area contributed by atoms with Crippen molar-refractivity contribution in [3.63, 3.8) is 0 Å². The van der Waals surface area contributed by atoms with Gasteiger partial charge in [-0.3, -0.25) is 4.79 Å². The minimum atomic E-state index is -0.512. The molecule has 0 heterocycles. The summed E-state index contributed by atoms with van der Waals surface area (Å²) in [6, 6.07) is 2.65. The Morgan fingerprint density at radius 3 is 2.82 bits per heavy atom. The number of nitrogen functional groups attached to an aromatic ring is 1. The lowest BCUT2D eigenvalue weighted by Gasteiger charge is -2.11. The van der Waals surface area contributed by atoms with E-state index in [1.165, 1.54) is 19.2 Å². The number of methoxy groups -OCH3 is 1. The summed E-state index contributed by atoms with van der Waals surface area (Å²) in [4.78, 5) is 11.0. The summed E-state index contributed by atoms with van der Waals surface area (Å²) in [5, 5.41) is 5.45. The van der Waals surface area contributed by atoms with Gasteiger partial charge in [0, 0.05) is 32.1 Å². The van der Waals surface area contributed by atoms with Crippen molar-refractivity contribution in [1.82, 2.24) is 5.32 Å². The zero-order chi connectivity index (χ0) is 12.8. The second-order valence-electron chi connectivity index (χ2n) is 3.42. The number of ether oxygens (including phenoxy) is 1. The minimum absolute atomic E-state index is 0.0786. The Kier molecular flexibility index (Phi) is 4.56. The van der Waals surface area contributed by atoms with Crippen molar-refractivity contribution < 1.29 is 13.9 Å². The van der Waals surface area contributed by atoms with Gasteiger partial charge in [-0.25, -0.2) is 4.39 Å². The maximum absolute atomic E-state index is 13.2. The van der Waals surface area contributed by atoms with Crippen LogP contribution >= 0.6 is 0 Å². The molecular formula is C11H16FN3O2. The van der Waals surface area contributed by atoms with E-state index in [1.807, 2.05) is 0 Å². The summed E-state index contributed by atoms with van der Waals surface area (Å²) < 4.78 is 18.1. The highest BCUT2D eigenvalue weighted by atomic mass is 19.1. The summed E-state index contributed by atoms with van der Waals surface area (Å²) in [6.07, 6.45) is 0.315. The zero-order valence-corrected chi connectivity index (χ0v) is 9.84. The number of hydrogen-bond acceptors (Lipinski definition) is 4. The van der Waals surface area contributed by atoms with Gasteiger partial charge < -0.3 is 21.1 Å². The van der Waals surface area contributed by atoms with E-state index >= 15 is 0 Å². The van der Waals surface area contributed by atoms with Crippen LogP contribution in [0.2, 0.25) is 0 Å². The first kappa shape index (κ1) is 13.1. The third-order valence-electron chi connectivity index (χ3n) is 2.27. The molecule has 0 atom stereocenters. The van der Waals surface area contributed by atoms with Crippen molar-refractivity contribution in [2.75, 3.05) is 31.8 Å². The number of carbonyl (C=O) groups is 1. The van der Waals surface area contributed by atoms with E-state index in [-0.39, 0.29) is 17.3 Å². The molecule has 5 nitrogen and oxygen atoms in total. The Hall–Kier alpha value is -1.98. The largest absolute Gasteiger partial charge is 0.494 e. The standard InChI is InChI=1S/C11H16FN3O2/c1-14-11(16)3-4-15-9-6-10(17-2)7(12)5-8(9)13/h5-6,15H,3-4,13H2,1-2H3,(H,14,16). The quantitative estimate of drug-likeness (QED) is 0.671. The van der Waals surface area contributed by atoms with Gasteiger partial charge in [-0.15, -0.1) is 0 Å². The average molecular weight is 241 g/mol. The highest BCUT2D eigenvalue weighted by Gasteiger charge is 2.08. The lowest BCUT2D eigenvalue weighted by atomic mass is 10.2. The summed E-state index contributed by atoms with van der Waals surface area (Å²) in [6.45, 7) is 0.415. The number of nitrogens with one attached hydrogen (secondary N) is 2. The van der Waals surface area contributed by atoms with Gasteiger partial charge in [0.2, 0.25) is 5.91 Å². The third kappa shape index (κ3) is 3.51. The smallest absolute Gasteiger partial charge is 0.221 e. The molecule has 0 spiro atoms. The summed E-state index contributed by atoms with van der Waals surface area (Å²) >= 11 is 0. The van der Waals surface area contributed by atoms with Crippen LogP contribution in [0.15, 0.2) is 12.1 Å². The first-order valence-electron chi connectivity index (χ1n) is 5.16. The molecule has 1 aromatic carbocycles. The molecule has 1 rings (SSSR count). The predicted molar refractivity (Wildman–Crippen MR) is 64.5 cm³/mol. The molecule has 0 unspecified atom stereocenters. The van der Waals surface area contributed by atoms with Crippen LogP contribution in [0.5, 0.6) is 5.75 Å². The number of rotatable bonds is 5. The first-order chi connectivity index (χ1) is 8.08. The Labute approximate surface area is 99.1 Å². The fourth-order valence-electron chi connectivity index (χ4n) is 1.31. The number of amides is 1. The number of benzene rings is 1.